The molecule has 2 rings (SSSR count). The minimum absolute atomic E-state index is 0.0211. The Labute approximate surface area is 105 Å². The lowest BCUT2D eigenvalue weighted by atomic mass is 10.3. The number of anilines is 1. The van der Waals surface area contributed by atoms with E-state index in [4.69, 9.17) is 5.11 Å². The predicted octanol–water partition coefficient (Wildman–Crippen LogP) is 1.41. The molecule has 0 spiro atoms. The lowest BCUT2D eigenvalue weighted by Crippen LogP contribution is -2.12. The van der Waals surface area contributed by atoms with Crippen LogP contribution in [-0.4, -0.2) is 23.3 Å². The number of benzene rings is 1. The number of aromatic hydroxyl groups is 1. The van der Waals surface area contributed by atoms with Crippen LogP contribution in [0.5, 0.6) is 5.75 Å². The van der Waals surface area contributed by atoms with Crippen LogP contribution >= 0.6 is 0 Å². The van der Waals surface area contributed by atoms with Crippen molar-refractivity contribution in [1.29, 1.82) is 0 Å². The molecule has 2 aromatic rings. The van der Waals surface area contributed by atoms with Gasteiger partial charge in [0.15, 0.2) is 0 Å². The van der Waals surface area contributed by atoms with Gasteiger partial charge in [0.1, 0.15) is 5.75 Å². The average molecular weight is 267 g/mol. The molecule has 0 bridgehead atoms. The Morgan fingerprint density at radius 2 is 2.00 bits per heavy atom. The van der Waals surface area contributed by atoms with Crippen molar-refractivity contribution in [2.75, 3.05) is 4.72 Å². The van der Waals surface area contributed by atoms with E-state index in [1.165, 1.54) is 30.5 Å². The molecule has 0 atom stereocenters. The lowest BCUT2D eigenvalue weighted by Gasteiger charge is -2.05. The molecule has 0 saturated carbocycles. The van der Waals surface area contributed by atoms with Gasteiger partial charge in [0, 0.05) is 12.7 Å². The van der Waals surface area contributed by atoms with Gasteiger partial charge in [-0.1, -0.05) is 0 Å². The minimum atomic E-state index is -3.64. The van der Waals surface area contributed by atoms with Gasteiger partial charge in [0.05, 0.1) is 16.8 Å². The van der Waals surface area contributed by atoms with Crippen molar-refractivity contribution in [2.24, 2.45) is 0 Å². The monoisotopic (exact) mass is 267 g/mol. The number of phenols is 1. The molecule has 7 heteroatoms. The van der Waals surface area contributed by atoms with Crippen molar-refractivity contribution in [3.8, 4) is 5.75 Å². The van der Waals surface area contributed by atoms with E-state index in [-0.39, 0.29) is 10.6 Å². The Bertz CT molecular complexity index is 632. The highest BCUT2D eigenvalue weighted by Crippen LogP contribution is 2.17. The van der Waals surface area contributed by atoms with E-state index in [2.05, 4.69) is 9.82 Å². The summed E-state index contributed by atoms with van der Waals surface area (Å²) < 4.78 is 28.0. The zero-order valence-corrected chi connectivity index (χ0v) is 10.6. The first kappa shape index (κ1) is 12.4. The number of phenolic OH excluding ortho intramolecular Hbond substituents is 1. The molecule has 0 aliphatic rings. The molecule has 0 aliphatic heterocycles. The third-order valence-electron chi connectivity index (χ3n) is 2.36. The van der Waals surface area contributed by atoms with Crippen LogP contribution in [0.3, 0.4) is 0 Å². The zero-order valence-electron chi connectivity index (χ0n) is 9.74. The van der Waals surface area contributed by atoms with Crippen molar-refractivity contribution in [3.05, 3.63) is 36.7 Å². The quantitative estimate of drug-likeness (QED) is 0.877. The van der Waals surface area contributed by atoms with E-state index in [0.29, 0.717) is 12.2 Å². The normalized spacial score (nSPS) is 11.4. The van der Waals surface area contributed by atoms with Crippen molar-refractivity contribution < 1.29 is 13.5 Å². The fraction of sp³-hybridized carbons (Fsp3) is 0.182. The van der Waals surface area contributed by atoms with Gasteiger partial charge in [-0.05, 0) is 31.2 Å². The number of nitrogens with zero attached hydrogens (tertiary/aromatic N) is 2. The topological polar surface area (TPSA) is 84.2 Å². The first-order valence-electron chi connectivity index (χ1n) is 5.35. The van der Waals surface area contributed by atoms with Crippen LogP contribution < -0.4 is 4.72 Å². The molecule has 0 radical (unpaired) electrons. The number of hydrogen-bond donors (Lipinski definition) is 2. The van der Waals surface area contributed by atoms with Gasteiger partial charge in [0.2, 0.25) is 0 Å². The van der Waals surface area contributed by atoms with Gasteiger partial charge < -0.3 is 5.11 Å². The zero-order chi connectivity index (χ0) is 13.2. The molecule has 0 aliphatic carbocycles. The fourth-order valence-electron chi connectivity index (χ4n) is 1.43. The van der Waals surface area contributed by atoms with Crippen molar-refractivity contribution in [3.63, 3.8) is 0 Å². The Morgan fingerprint density at radius 1 is 1.33 bits per heavy atom. The van der Waals surface area contributed by atoms with Gasteiger partial charge >= 0.3 is 0 Å². The maximum absolute atomic E-state index is 12.0. The van der Waals surface area contributed by atoms with Crippen LogP contribution in [0, 0.1) is 0 Å². The first-order valence-corrected chi connectivity index (χ1v) is 6.84. The average Bonchev–Trinajstić information content (AvgIpc) is 2.76. The fourth-order valence-corrected chi connectivity index (χ4v) is 2.46. The van der Waals surface area contributed by atoms with Crippen molar-refractivity contribution >= 4 is 15.7 Å². The number of rotatable bonds is 4. The van der Waals surface area contributed by atoms with Gasteiger partial charge in [-0.2, -0.15) is 5.10 Å². The smallest absolute Gasteiger partial charge is 0.261 e. The lowest BCUT2D eigenvalue weighted by molar-refractivity contribution is 0.475. The number of hydrogen-bond acceptors (Lipinski definition) is 4. The Morgan fingerprint density at radius 3 is 2.56 bits per heavy atom. The third kappa shape index (κ3) is 2.62. The maximum Gasteiger partial charge on any atom is 0.261 e. The molecule has 0 fully saturated rings. The van der Waals surface area contributed by atoms with Crippen LogP contribution in [-0.2, 0) is 16.6 Å². The maximum atomic E-state index is 12.0. The number of nitrogens with one attached hydrogen (secondary N) is 1. The van der Waals surface area contributed by atoms with Gasteiger partial charge in [-0.15, -0.1) is 0 Å². The minimum Gasteiger partial charge on any atom is -0.508 e. The van der Waals surface area contributed by atoms with Gasteiger partial charge in [0.25, 0.3) is 10.0 Å². The summed E-state index contributed by atoms with van der Waals surface area (Å²) in [7, 11) is -3.64. The summed E-state index contributed by atoms with van der Waals surface area (Å²) in [5.74, 6) is 0.0211. The van der Waals surface area contributed by atoms with E-state index < -0.39 is 10.0 Å². The predicted molar refractivity (Wildman–Crippen MR) is 66.8 cm³/mol. The van der Waals surface area contributed by atoms with Gasteiger partial charge in [-0.25, -0.2) is 8.42 Å². The Kier molecular flexibility index (Phi) is 3.24. The summed E-state index contributed by atoms with van der Waals surface area (Å²) in [6, 6.07) is 5.32. The third-order valence-corrected chi connectivity index (χ3v) is 3.75. The number of aromatic nitrogens is 2. The first-order chi connectivity index (χ1) is 8.51. The highest BCUT2D eigenvalue weighted by atomic mass is 32.2. The summed E-state index contributed by atoms with van der Waals surface area (Å²) in [5, 5.41) is 13.1. The molecule has 96 valence electrons. The van der Waals surface area contributed by atoms with Crippen LogP contribution in [0.2, 0.25) is 0 Å². The van der Waals surface area contributed by atoms with Crippen LogP contribution in [0.4, 0.5) is 5.69 Å². The second kappa shape index (κ2) is 4.69. The molecule has 2 N–H and O–H groups in total. The van der Waals surface area contributed by atoms with E-state index in [9.17, 15) is 8.42 Å². The summed E-state index contributed by atoms with van der Waals surface area (Å²) >= 11 is 0. The second-order valence-corrected chi connectivity index (χ2v) is 5.37. The number of sulfonamides is 1. The second-order valence-electron chi connectivity index (χ2n) is 3.68. The molecule has 0 unspecified atom stereocenters. The molecule has 0 amide bonds. The molecule has 6 nitrogen and oxygen atoms in total. The highest BCUT2D eigenvalue weighted by Gasteiger charge is 2.14. The molecule has 1 heterocycles. The van der Waals surface area contributed by atoms with E-state index in [1.807, 2.05) is 6.92 Å². The molecular formula is C11H13N3O3S. The van der Waals surface area contributed by atoms with E-state index in [1.54, 1.807) is 10.9 Å². The summed E-state index contributed by atoms with van der Waals surface area (Å²) in [6.45, 7) is 2.58. The molecule has 0 saturated heterocycles. The Hall–Kier alpha value is -2.02. The van der Waals surface area contributed by atoms with Crippen molar-refractivity contribution in [1.82, 2.24) is 9.78 Å². The standard InChI is InChI=1S/C11H13N3O3S/c1-2-14-8-9(7-12-14)13-18(16,17)11-5-3-10(15)4-6-11/h3-8,13,15H,2H2,1H3. The van der Waals surface area contributed by atoms with E-state index >= 15 is 0 Å². The molecule has 1 aromatic heterocycles. The Balaban J connectivity index is 2.24. The molecular weight excluding hydrogens is 254 g/mol. The van der Waals surface area contributed by atoms with Crippen LogP contribution in [0.25, 0.3) is 0 Å². The molecule has 1 aromatic carbocycles. The summed E-state index contributed by atoms with van der Waals surface area (Å²) in [4.78, 5) is 0.0875. The van der Waals surface area contributed by atoms with Gasteiger partial charge in [-0.3, -0.25) is 9.40 Å². The number of aryl methyl sites for hydroxylation is 1. The van der Waals surface area contributed by atoms with Crippen LogP contribution in [0.15, 0.2) is 41.6 Å². The van der Waals surface area contributed by atoms with E-state index in [0.717, 1.165) is 0 Å². The summed E-state index contributed by atoms with van der Waals surface area (Å²) in [5.41, 5.74) is 0.407. The van der Waals surface area contributed by atoms with Crippen LogP contribution in [0.1, 0.15) is 6.92 Å². The largest absolute Gasteiger partial charge is 0.508 e. The molecule has 18 heavy (non-hydrogen) atoms. The summed E-state index contributed by atoms with van der Waals surface area (Å²) in [6.07, 6.45) is 3.05. The SMILES string of the molecule is CCn1cc(NS(=O)(=O)c2ccc(O)cc2)cn1. The highest BCUT2D eigenvalue weighted by molar-refractivity contribution is 7.92. The van der Waals surface area contributed by atoms with Crippen molar-refractivity contribution in [2.45, 2.75) is 18.4 Å².